The van der Waals surface area contributed by atoms with Crippen LogP contribution in [-0.4, -0.2) is 26.7 Å². The second-order valence-corrected chi connectivity index (χ2v) is 5.67. The van der Waals surface area contributed by atoms with E-state index in [2.05, 4.69) is 20.1 Å². The third kappa shape index (κ3) is 2.68. The standard InChI is InChI=1S/C13H16N4OS/c1-9-15-16-12-3-2-11(7-17(9)12)14-13(18)6-10-4-5-19-8-10/h4-5,8,11H,2-3,6-7H2,1H3,(H,14,18)/t11-/m0/s1. The molecule has 0 saturated heterocycles. The van der Waals surface area contributed by atoms with E-state index < -0.39 is 0 Å². The van der Waals surface area contributed by atoms with Crippen LogP contribution in [0.15, 0.2) is 16.8 Å². The molecule has 0 unspecified atom stereocenters. The van der Waals surface area contributed by atoms with Crippen LogP contribution in [0, 0.1) is 6.92 Å². The Bertz CT molecular complexity index is 575. The maximum Gasteiger partial charge on any atom is 0.224 e. The lowest BCUT2D eigenvalue weighted by molar-refractivity contribution is -0.121. The Morgan fingerprint density at radius 1 is 1.58 bits per heavy atom. The molecule has 1 N–H and O–H groups in total. The molecule has 19 heavy (non-hydrogen) atoms. The predicted molar refractivity (Wildman–Crippen MR) is 73.0 cm³/mol. The molecule has 0 aromatic carbocycles. The van der Waals surface area contributed by atoms with Crippen LogP contribution < -0.4 is 5.32 Å². The second kappa shape index (κ2) is 5.13. The summed E-state index contributed by atoms with van der Waals surface area (Å²) in [6.45, 7) is 2.73. The highest BCUT2D eigenvalue weighted by molar-refractivity contribution is 7.07. The number of carbonyl (C=O) groups is 1. The number of hydrogen-bond donors (Lipinski definition) is 1. The van der Waals surface area contributed by atoms with Crippen molar-refractivity contribution in [3.05, 3.63) is 34.0 Å². The van der Waals surface area contributed by atoms with Crippen molar-refractivity contribution < 1.29 is 4.79 Å². The molecule has 2 aromatic rings. The fourth-order valence-corrected chi connectivity index (χ4v) is 3.11. The van der Waals surface area contributed by atoms with Crippen molar-refractivity contribution in [2.24, 2.45) is 0 Å². The van der Waals surface area contributed by atoms with E-state index in [4.69, 9.17) is 0 Å². The number of aryl methyl sites for hydroxylation is 2. The Hall–Kier alpha value is -1.69. The summed E-state index contributed by atoms with van der Waals surface area (Å²) in [7, 11) is 0. The van der Waals surface area contributed by atoms with E-state index in [1.54, 1.807) is 11.3 Å². The van der Waals surface area contributed by atoms with Gasteiger partial charge in [-0.05, 0) is 35.7 Å². The van der Waals surface area contributed by atoms with Crippen molar-refractivity contribution in [1.82, 2.24) is 20.1 Å². The van der Waals surface area contributed by atoms with E-state index in [1.165, 1.54) is 0 Å². The summed E-state index contributed by atoms with van der Waals surface area (Å²) in [4.78, 5) is 12.0. The Labute approximate surface area is 115 Å². The minimum atomic E-state index is 0.0950. The lowest BCUT2D eigenvalue weighted by atomic mass is 10.1. The molecule has 3 heterocycles. The fraction of sp³-hybridized carbons (Fsp3) is 0.462. The molecule has 0 fully saturated rings. The summed E-state index contributed by atoms with van der Waals surface area (Å²) in [5.41, 5.74) is 1.08. The molecule has 0 bridgehead atoms. The Balaban J connectivity index is 1.60. The zero-order chi connectivity index (χ0) is 13.2. The van der Waals surface area contributed by atoms with Gasteiger partial charge in [-0.3, -0.25) is 4.79 Å². The van der Waals surface area contributed by atoms with Gasteiger partial charge in [0.2, 0.25) is 5.91 Å². The third-order valence-electron chi connectivity index (χ3n) is 3.44. The van der Waals surface area contributed by atoms with Crippen LogP contribution >= 0.6 is 11.3 Å². The van der Waals surface area contributed by atoms with Gasteiger partial charge in [0, 0.05) is 19.0 Å². The molecule has 100 valence electrons. The van der Waals surface area contributed by atoms with Gasteiger partial charge in [0.25, 0.3) is 0 Å². The molecule has 1 aliphatic rings. The summed E-state index contributed by atoms with van der Waals surface area (Å²) in [6, 6.07) is 2.18. The first kappa shape index (κ1) is 12.3. The maximum atomic E-state index is 12.0. The van der Waals surface area contributed by atoms with Crippen LogP contribution in [0.1, 0.15) is 23.6 Å². The first-order valence-corrected chi connectivity index (χ1v) is 7.36. The number of amides is 1. The molecule has 1 atom stereocenters. The van der Waals surface area contributed by atoms with E-state index in [9.17, 15) is 4.79 Å². The highest BCUT2D eigenvalue weighted by atomic mass is 32.1. The highest BCUT2D eigenvalue weighted by Gasteiger charge is 2.22. The molecule has 0 aliphatic carbocycles. The van der Waals surface area contributed by atoms with Crippen LogP contribution in [0.2, 0.25) is 0 Å². The molecular weight excluding hydrogens is 260 g/mol. The Morgan fingerprint density at radius 3 is 3.26 bits per heavy atom. The number of carbonyl (C=O) groups excluding carboxylic acids is 1. The van der Waals surface area contributed by atoms with Crippen LogP contribution in [-0.2, 0) is 24.2 Å². The van der Waals surface area contributed by atoms with Crippen LogP contribution in [0.3, 0.4) is 0 Å². The predicted octanol–water partition coefficient (Wildman–Crippen LogP) is 1.32. The summed E-state index contributed by atoms with van der Waals surface area (Å²) < 4.78 is 2.10. The monoisotopic (exact) mass is 276 g/mol. The molecule has 2 aromatic heterocycles. The number of fused-ring (bicyclic) bond motifs is 1. The molecule has 0 radical (unpaired) electrons. The minimum absolute atomic E-state index is 0.0950. The Kier molecular flexibility index (Phi) is 3.33. The van der Waals surface area contributed by atoms with Gasteiger partial charge in [-0.15, -0.1) is 10.2 Å². The maximum absolute atomic E-state index is 12.0. The van der Waals surface area contributed by atoms with Gasteiger partial charge in [0.1, 0.15) is 11.6 Å². The van der Waals surface area contributed by atoms with Gasteiger partial charge in [-0.2, -0.15) is 11.3 Å². The van der Waals surface area contributed by atoms with Crippen molar-refractivity contribution in [3.63, 3.8) is 0 Å². The largest absolute Gasteiger partial charge is 0.351 e. The quantitative estimate of drug-likeness (QED) is 0.920. The lowest BCUT2D eigenvalue weighted by Gasteiger charge is -2.24. The molecular formula is C13H16N4OS. The van der Waals surface area contributed by atoms with Crippen LogP contribution in [0.5, 0.6) is 0 Å². The summed E-state index contributed by atoms with van der Waals surface area (Å²) in [5.74, 6) is 2.05. The molecule has 0 saturated carbocycles. The smallest absolute Gasteiger partial charge is 0.224 e. The van der Waals surface area contributed by atoms with Gasteiger partial charge in [-0.25, -0.2) is 0 Å². The number of thiophene rings is 1. The van der Waals surface area contributed by atoms with E-state index in [-0.39, 0.29) is 11.9 Å². The Morgan fingerprint density at radius 2 is 2.47 bits per heavy atom. The number of nitrogens with zero attached hydrogens (tertiary/aromatic N) is 3. The van der Waals surface area contributed by atoms with Gasteiger partial charge >= 0.3 is 0 Å². The zero-order valence-electron chi connectivity index (χ0n) is 10.8. The molecule has 6 heteroatoms. The van der Waals surface area contributed by atoms with Gasteiger partial charge in [-0.1, -0.05) is 0 Å². The topological polar surface area (TPSA) is 59.8 Å². The first-order valence-electron chi connectivity index (χ1n) is 6.41. The van der Waals surface area contributed by atoms with Crippen molar-refractivity contribution in [1.29, 1.82) is 0 Å². The van der Waals surface area contributed by atoms with Crippen molar-refractivity contribution in [2.45, 2.75) is 38.8 Å². The van der Waals surface area contributed by atoms with Crippen molar-refractivity contribution >= 4 is 17.2 Å². The third-order valence-corrected chi connectivity index (χ3v) is 4.17. The number of nitrogens with one attached hydrogen (secondary N) is 1. The van der Waals surface area contributed by atoms with Crippen LogP contribution in [0.4, 0.5) is 0 Å². The number of hydrogen-bond acceptors (Lipinski definition) is 4. The normalized spacial score (nSPS) is 18.1. The summed E-state index contributed by atoms with van der Waals surface area (Å²) in [5, 5.41) is 15.3. The zero-order valence-corrected chi connectivity index (χ0v) is 11.6. The average molecular weight is 276 g/mol. The van der Waals surface area contributed by atoms with E-state index in [1.807, 2.05) is 23.8 Å². The molecule has 5 nitrogen and oxygen atoms in total. The van der Waals surface area contributed by atoms with E-state index >= 15 is 0 Å². The van der Waals surface area contributed by atoms with Crippen LogP contribution in [0.25, 0.3) is 0 Å². The second-order valence-electron chi connectivity index (χ2n) is 4.89. The van der Waals surface area contributed by atoms with E-state index in [0.717, 1.165) is 36.6 Å². The molecule has 1 aliphatic heterocycles. The molecule has 1 amide bonds. The van der Waals surface area contributed by atoms with Crippen molar-refractivity contribution in [3.8, 4) is 0 Å². The average Bonchev–Trinajstić information content (AvgIpc) is 3.00. The molecule has 0 spiro atoms. The summed E-state index contributed by atoms with van der Waals surface area (Å²) >= 11 is 1.62. The van der Waals surface area contributed by atoms with Gasteiger partial charge in [0.15, 0.2) is 0 Å². The molecule has 3 rings (SSSR count). The van der Waals surface area contributed by atoms with Crippen molar-refractivity contribution in [2.75, 3.05) is 0 Å². The first-order chi connectivity index (χ1) is 9.22. The summed E-state index contributed by atoms with van der Waals surface area (Å²) in [6.07, 6.45) is 2.28. The van der Waals surface area contributed by atoms with Gasteiger partial charge < -0.3 is 9.88 Å². The van der Waals surface area contributed by atoms with Gasteiger partial charge in [0.05, 0.1) is 6.42 Å². The van der Waals surface area contributed by atoms with E-state index in [0.29, 0.717) is 6.42 Å². The lowest BCUT2D eigenvalue weighted by Crippen LogP contribution is -2.41. The highest BCUT2D eigenvalue weighted by Crippen LogP contribution is 2.15. The number of aromatic nitrogens is 3. The fourth-order valence-electron chi connectivity index (χ4n) is 2.44. The SMILES string of the molecule is Cc1nnc2n1C[C@@H](NC(=O)Cc1ccsc1)CC2. The number of rotatable bonds is 3. The minimum Gasteiger partial charge on any atom is -0.351 e.